The van der Waals surface area contributed by atoms with Gasteiger partial charge in [-0.05, 0) is 43.4 Å². The van der Waals surface area contributed by atoms with E-state index in [1.807, 2.05) is 0 Å². The van der Waals surface area contributed by atoms with Crippen molar-refractivity contribution in [3.8, 4) is 11.5 Å². The van der Waals surface area contributed by atoms with Crippen LogP contribution < -0.4 is 20.5 Å². The van der Waals surface area contributed by atoms with Gasteiger partial charge in [-0.25, -0.2) is 0 Å². The van der Waals surface area contributed by atoms with E-state index in [2.05, 4.69) is 10.4 Å². The predicted octanol–water partition coefficient (Wildman–Crippen LogP) is 2.61. The molecule has 0 unspecified atom stereocenters. The number of carbonyl (C=O) groups excluding carboxylic acids is 1. The van der Waals surface area contributed by atoms with Crippen LogP contribution in [0.4, 0.5) is 0 Å². The second-order valence-electron chi connectivity index (χ2n) is 5.50. The Kier molecular flexibility index (Phi) is 5.04. The van der Waals surface area contributed by atoms with Crippen LogP contribution in [0.5, 0.6) is 11.5 Å². The Labute approximate surface area is 154 Å². The van der Waals surface area contributed by atoms with Gasteiger partial charge in [0.25, 0.3) is 11.5 Å². The van der Waals surface area contributed by atoms with Crippen LogP contribution in [0.3, 0.4) is 0 Å². The number of aromatic nitrogens is 2. The molecule has 1 aromatic heterocycles. The minimum Gasteiger partial charge on any atom is -0.493 e. The summed E-state index contributed by atoms with van der Waals surface area (Å²) in [5, 5.41) is 0.416. The summed E-state index contributed by atoms with van der Waals surface area (Å²) >= 11 is 5.17. The first-order valence-corrected chi connectivity index (χ1v) is 8.26. The predicted molar refractivity (Wildman–Crippen MR) is 101 cm³/mol. The SMILES string of the molecule is COc1ccccc1O[C@H](C)C(=O)Nn1c(=S)[nH]c2ccccc2c1=O. The highest BCUT2D eigenvalue weighted by Crippen LogP contribution is 2.26. The number of H-pyrrole nitrogens is 1. The number of carbonyl (C=O) groups is 1. The molecule has 0 saturated carbocycles. The van der Waals surface area contributed by atoms with Crippen LogP contribution in [-0.4, -0.2) is 28.8 Å². The van der Waals surface area contributed by atoms with Crippen molar-refractivity contribution < 1.29 is 14.3 Å². The zero-order valence-corrected chi connectivity index (χ0v) is 15.0. The first-order chi connectivity index (χ1) is 12.5. The van der Waals surface area contributed by atoms with Gasteiger partial charge >= 0.3 is 0 Å². The summed E-state index contributed by atoms with van der Waals surface area (Å²) in [5.41, 5.74) is 2.68. The number of nitrogens with one attached hydrogen (secondary N) is 2. The van der Waals surface area contributed by atoms with E-state index in [9.17, 15) is 9.59 Å². The van der Waals surface area contributed by atoms with Crippen molar-refractivity contribution in [2.24, 2.45) is 0 Å². The lowest BCUT2D eigenvalue weighted by Gasteiger charge is -2.17. The topological polar surface area (TPSA) is 85.3 Å². The smallest absolute Gasteiger partial charge is 0.281 e. The van der Waals surface area contributed by atoms with E-state index in [0.29, 0.717) is 22.4 Å². The quantitative estimate of drug-likeness (QED) is 0.674. The monoisotopic (exact) mass is 371 g/mol. The highest BCUT2D eigenvalue weighted by Gasteiger charge is 2.18. The molecule has 3 rings (SSSR count). The number of rotatable bonds is 5. The third-order valence-corrected chi connectivity index (χ3v) is 4.05. The molecule has 0 fully saturated rings. The van der Waals surface area contributed by atoms with Gasteiger partial charge in [0.2, 0.25) is 0 Å². The van der Waals surface area contributed by atoms with E-state index in [4.69, 9.17) is 21.7 Å². The van der Waals surface area contributed by atoms with Gasteiger partial charge in [-0.2, -0.15) is 4.68 Å². The van der Waals surface area contributed by atoms with E-state index in [-0.39, 0.29) is 4.77 Å². The molecular formula is C18H17N3O4S. The molecule has 0 aliphatic heterocycles. The highest BCUT2D eigenvalue weighted by atomic mass is 32.1. The number of ether oxygens (including phenoxy) is 2. The Morgan fingerprint density at radius 3 is 2.54 bits per heavy atom. The molecule has 0 spiro atoms. The van der Waals surface area contributed by atoms with Gasteiger partial charge in [0, 0.05) is 0 Å². The van der Waals surface area contributed by atoms with Gasteiger partial charge in [0.1, 0.15) is 0 Å². The summed E-state index contributed by atoms with van der Waals surface area (Å²) in [6.45, 7) is 1.57. The minimum absolute atomic E-state index is 0.0894. The Morgan fingerprint density at radius 2 is 1.81 bits per heavy atom. The summed E-state index contributed by atoms with van der Waals surface area (Å²) in [6.07, 6.45) is -0.876. The van der Waals surface area contributed by atoms with Gasteiger partial charge in [0.15, 0.2) is 22.4 Å². The van der Waals surface area contributed by atoms with Crippen molar-refractivity contribution in [3.05, 3.63) is 63.7 Å². The van der Waals surface area contributed by atoms with E-state index < -0.39 is 17.6 Å². The number of benzene rings is 2. The molecule has 0 saturated heterocycles. The molecule has 7 nitrogen and oxygen atoms in total. The van der Waals surface area contributed by atoms with Crippen molar-refractivity contribution >= 4 is 29.0 Å². The lowest BCUT2D eigenvalue weighted by Crippen LogP contribution is -2.40. The molecule has 8 heteroatoms. The van der Waals surface area contributed by atoms with Crippen LogP contribution in [0.2, 0.25) is 0 Å². The fourth-order valence-electron chi connectivity index (χ4n) is 2.43. The molecule has 1 atom stereocenters. The average Bonchev–Trinajstić information content (AvgIpc) is 2.65. The normalized spacial score (nSPS) is 11.8. The fraction of sp³-hybridized carbons (Fsp3) is 0.167. The Balaban J connectivity index is 1.85. The first kappa shape index (κ1) is 17.7. The Hall–Kier alpha value is -3.13. The lowest BCUT2D eigenvalue weighted by atomic mass is 10.2. The van der Waals surface area contributed by atoms with Crippen molar-refractivity contribution in [3.63, 3.8) is 0 Å². The first-order valence-electron chi connectivity index (χ1n) is 7.86. The Bertz CT molecular complexity index is 1070. The third kappa shape index (κ3) is 3.45. The molecule has 26 heavy (non-hydrogen) atoms. The fourth-order valence-corrected chi connectivity index (χ4v) is 2.66. The standard InChI is InChI=1S/C18H17N3O4S/c1-11(25-15-10-6-5-9-14(15)24-2)16(22)20-21-17(23)12-7-3-4-8-13(12)19-18(21)26/h3-11H,1-2H3,(H,19,26)(H,20,22)/t11-/m1/s1. The molecular weight excluding hydrogens is 354 g/mol. The van der Waals surface area contributed by atoms with Gasteiger partial charge in [-0.15, -0.1) is 0 Å². The second-order valence-corrected chi connectivity index (χ2v) is 5.89. The van der Waals surface area contributed by atoms with E-state index in [1.165, 1.54) is 7.11 Å². The number of nitrogens with zero attached hydrogens (tertiary/aromatic N) is 1. The summed E-state index contributed by atoms with van der Waals surface area (Å²) < 4.78 is 11.9. The van der Waals surface area contributed by atoms with Crippen molar-refractivity contribution in [1.29, 1.82) is 0 Å². The number of para-hydroxylation sites is 3. The van der Waals surface area contributed by atoms with Gasteiger partial charge < -0.3 is 14.5 Å². The third-order valence-electron chi connectivity index (χ3n) is 3.77. The van der Waals surface area contributed by atoms with E-state index >= 15 is 0 Å². The molecule has 0 aliphatic rings. The number of amides is 1. The number of methoxy groups -OCH3 is 1. The number of fused-ring (bicyclic) bond motifs is 1. The maximum atomic E-state index is 12.6. The zero-order chi connectivity index (χ0) is 18.7. The van der Waals surface area contributed by atoms with Crippen LogP contribution in [0.15, 0.2) is 53.3 Å². The Morgan fingerprint density at radius 1 is 1.15 bits per heavy atom. The van der Waals surface area contributed by atoms with Crippen LogP contribution in [0, 0.1) is 4.77 Å². The summed E-state index contributed by atoms with van der Waals surface area (Å²) in [4.78, 5) is 27.9. The molecule has 2 N–H and O–H groups in total. The zero-order valence-electron chi connectivity index (χ0n) is 14.2. The summed E-state index contributed by atoms with van der Waals surface area (Å²) in [6, 6.07) is 13.9. The molecule has 134 valence electrons. The lowest BCUT2D eigenvalue weighted by molar-refractivity contribution is -0.123. The van der Waals surface area contributed by atoms with E-state index in [0.717, 1.165) is 4.68 Å². The number of aromatic amines is 1. The molecule has 1 amide bonds. The maximum Gasteiger partial charge on any atom is 0.281 e. The highest BCUT2D eigenvalue weighted by molar-refractivity contribution is 7.71. The maximum absolute atomic E-state index is 12.6. The second kappa shape index (κ2) is 7.40. The van der Waals surface area contributed by atoms with Gasteiger partial charge in [-0.1, -0.05) is 24.3 Å². The average molecular weight is 371 g/mol. The van der Waals surface area contributed by atoms with Crippen LogP contribution in [0.25, 0.3) is 10.9 Å². The molecule has 0 radical (unpaired) electrons. The van der Waals surface area contributed by atoms with E-state index in [1.54, 1.807) is 55.5 Å². The van der Waals surface area contributed by atoms with Gasteiger partial charge in [0.05, 0.1) is 18.0 Å². The number of hydrogen-bond acceptors (Lipinski definition) is 5. The molecule has 2 aromatic carbocycles. The van der Waals surface area contributed by atoms with Crippen LogP contribution in [-0.2, 0) is 4.79 Å². The summed E-state index contributed by atoms with van der Waals surface area (Å²) in [7, 11) is 1.51. The minimum atomic E-state index is -0.876. The van der Waals surface area contributed by atoms with Crippen molar-refractivity contribution in [1.82, 2.24) is 9.66 Å². The largest absolute Gasteiger partial charge is 0.493 e. The van der Waals surface area contributed by atoms with Crippen LogP contribution in [0.1, 0.15) is 6.92 Å². The molecule has 1 heterocycles. The number of hydrogen-bond donors (Lipinski definition) is 2. The molecule has 3 aromatic rings. The van der Waals surface area contributed by atoms with Crippen LogP contribution >= 0.6 is 12.2 Å². The van der Waals surface area contributed by atoms with Gasteiger partial charge in [-0.3, -0.25) is 15.0 Å². The van der Waals surface area contributed by atoms with Crippen molar-refractivity contribution in [2.45, 2.75) is 13.0 Å². The molecule has 0 aliphatic carbocycles. The molecule has 0 bridgehead atoms. The van der Waals surface area contributed by atoms with Crippen molar-refractivity contribution in [2.75, 3.05) is 12.5 Å². The summed E-state index contributed by atoms with van der Waals surface area (Å²) in [5.74, 6) is 0.411.